The molecular formula is C11H14F2O. The van der Waals surface area contributed by atoms with Crippen LogP contribution in [0.4, 0.5) is 8.78 Å². The molecule has 0 amide bonds. The van der Waals surface area contributed by atoms with Gasteiger partial charge in [0.15, 0.2) is 11.6 Å². The summed E-state index contributed by atoms with van der Waals surface area (Å²) in [6.07, 6.45) is 3.31. The first-order valence-electron chi connectivity index (χ1n) is 4.79. The Balaban J connectivity index is 2.39. The summed E-state index contributed by atoms with van der Waals surface area (Å²) in [6, 6.07) is 3.97. The van der Waals surface area contributed by atoms with Gasteiger partial charge >= 0.3 is 0 Å². The van der Waals surface area contributed by atoms with Crippen molar-refractivity contribution in [2.45, 2.75) is 25.7 Å². The second-order valence-corrected chi connectivity index (χ2v) is 3.28. The van der Waals surface area contributed by atoms with Gasteiger partial charge in [-0.05, 0) is 37.0 Å². The lowest BCUT2D eigenvalue weighted by Gasteiger charge is -2.01. The minimum atomic E-state index is -0.802. The van der Waals surface area contributed by atoms with Crippen LogP contribution in [0.3, 0.4) is 0 Å². The highest BCUT2D eigenvalue weighted by atomic mass is 19.2. The number of halogens is 2. The number of aliphatic hydroxyl groups is 1. The molecule has 0 saturated heterocycles. The van der Waals surface area contributed by atoms with Crippen LogP contribution in [-0.2, 0) is 6.42 Å². The van der Waals surface area contributed by atoms with E-state index in [1.54, 1.807) is 6.07 Å². The molecule has 14 heavy (non-hydrogen) atoms. The second kappa shape index (κ2) is 5.70. The lowest BCUT2D eigenvalue weighted by atomic mass is 10.1. The van der Waals surface area contributed by atoms with Crippen molar-refractivity contribution in [2.24, 2.45) is 0 Å². The van der Waals surface area contributed by atoms with E-state index in [-0.39, 0.29) is 6.61 Å². The van der Waals surface area contributed by atoms with Gasteiger partial charge in [-0.3, -0.25) is 0 Å². The molecule has 3 heteroatoms. The van der Waals surface area contributed by atoms with Crippen molar-refractivity contribution in [1.82, 2.24) is 0 Å². The molecule has 0 aliphatic carbocycles. The van der Waals surface area contributed by atoms with Gasteiger partial charge in [0.2, 0.25) is 0 Å². The van der Waals surface area contributed by atoms with E-state index in [1.165, 1.54) is 6.07 Å². The van der Waals surface area contributed by atoms with E-state index in [0.717, 1.165) is 37.3 Å². The molecule has 1 N–H and O–H groups in total. The van der Waals surface area contributed by atoms with Crippen molar-refractivity contribution in [3.05, 3.63) is 35.4 Å². The molecule has 0 aliphatic rings. The molecule has 0 unspecified atom stereocenters. The Kier molecular flexibility index (Phi) is 4.53. The van der Waals surface area contributed by atoms with Crippen LogP contribution in [0.1, 0.15) is 24.8 Å². The van der Waals surface area contributed by atoms with Crippen LogP contribution >= 0.6 is 0 Å². The van der Waals surface area contributed by atoms with E-state index < -0.39 is 11.6 Å². The normalized spacial score (nSPS) is 10.5. The maximum Gasteiger partial charge on any atom is 0.159 e. The molecule has 0 fully saturated rings. The molecular weight excluding hydrogens is 186 g/mol. The SMILES string of the molecule is OCCCCCc1ccc(F)c(F)c1. The predicted octanol–water partition coefficient (Wildman–Crippen LogP) is 2.67. The average molecular weight is 200 g/mol. The molecule has 1 aromatic carbocycles. The molecule has 0 radical (unpaired) electrons. The quantitative estimate of drug-likeness (QED) is 0.724. The zero-order valence-electron chi connectivity index (χ0n) is 7.97. The number of hydrogen-bond donors (Lipinski definition) is 1. The lowest BCUT2D eigenvalue weighted by Crippen LogP contribution is -1.91. The fourth-order valence-corrected chi connectivity index (χ4v) is 1.31. The zero-order valence-corrected chi connectivity index (χ0v) is 7.97. The van der Waals surface area contributed by atoms with E-state index in [0.29, 0.717) is 0 Å². The van der Waals surface area contributed by atoms with Crippen LogP contribution in [0.5, 0.6) is 0 Å². The Morgan fingerprint density at radius 2 is 1.79 bits per heavy atom. The first-order chi connectivity index (χ1) is 6.74. The van der Waals surface area contributed by atoms with Gasteiger partial charge in [0.1, 0.15) is 0 Å². The van der Waals surface area contributed by atoms with Crippen LogP contribution in [0, 0.1) is 11.6 Å². The number of unbranched alkanes of at least 4 members (excludes halogenated alkanes) is 2. The summed E-state index contributed by atoms with van der Waals surface area (Å²) < 4.78 is 25.3. The van der Waals surface area contributed by atoms with Gasteiger partial charge in [-0.1, -0.05) is 12.5 Å². The largest absolute Gasteiger partial charge is 0.396 e. The Hall–Kier alpha value is -0.960. The summed E-state index contributed by atoms with van der Waals surface area (Å²) >= 11 is 0. The maximum absolute atomic E-state index is 12.7. The summed E-state index contributed by atoms with van der Waals surface area (Å²) in [6.45, 7) is 0.192. The molecule has 1 nitrogen and oxygen atoms in total. The number of aliphatic hydroxyl groups excluding tert-OH is 1. The van der Waals surface area contributed by atoms with Gasteiger partial charge in [-0.15, -0.1) is 0 Å². The number of rotatable bonds is 5. The first-order valence-corrected chi connectivity index (χ1v) is 4.79. The molecule has 0 saturated carbocycles. The Bertz CT molecular complexity index is 287. The van der Waals surface area contributed by atoms with E-state index in [1.807, 2.05) is 0 Å². The van der Waals surface area contributed by atoms with E-state index in [9.17, 15) is 8.78 Å². The third-order valence-electron chi connectivity index (χ3n) is 2.11. The summed E-state index contributed by atoms with van der Waals surface area (Å²) in [4.78, 5) is 0. The predicted molar refractivity (Wildman–Crippen MR) is 51.0 cm³/mol. The molecule has 0 heterocycles. The fourth-order valence-electron chi connectivity index (χ4n) is 1.31. The van der Waals surface area contributed by atoms with Gasteiger partial charge in [0.25, 0.3) is 0 Å². The third kappa shape index (κ3) is 3.42. The molecule has 1 aromatic rings. The Morgan fingerprint density at radius 1 is 1.00 bits per heavy atom. The first kappa shape index (κ1) is 11.1. The zero-order chi connectivity index (χ0) is 10.4. The van der Waals surface area contributed by atoms with Crippen molar-refractivity contribution >= 4 is 0 Å². The maximum atomic E-state index is 12.7. The standard InChI is InChI=1S/C11H14F2O/c12-10-6-5-9(8-11(10)13)4-2-1-3-7-14/h5-6,8,14H,1-4,7H2. The van der Waals surface area contributed by atoms with Gasteiger partial charge in [-0.2, -0.15) is 0 Å². The topological polar surface area (TPSA) is 20.2 Å². The van der Waals surface area contributed by atoms with E-state index in [2.05, 4.69) is 0 Å². The van der Waals surface area contributed by atoms with Gasteiger partial charge < -0.3 is 5.11 Å². The highest BCUT2D eigenvalue weighted by molar-refractivity contribution is 5.17. The van der Waals surface area contributed by atoms with Crippen molar-refractivity contribution < 1.29 is 13.9 Å². The van der Waals surface area contributed by atoms with Crippen LogP contribution in [-0.4, -0.2) is 11.7 Å². The van der Waals surface area contributed by atoms with Crippen molar-refractivity contribution in [2.75, 3.05) is 6.61 Å². The van der Waals surface area contributed by atoms with Gasteiger partial charge in [0, 0.05) is 6.61 Å². The molecule has 0 aliphatic heterocycles. The monoisotopic (exact) mass is 200 g/mol. The Morgan fingerprint density at radius 3 is 2.43 bits per heavy atom. The van der Waals surface area contributed by atoms with Gasteiger partial charge in [-0.25, -0.2) is 8.78 Å². The molecule has 1 rings (SSSR count). The third-order valence-corrected chi connectivity index (χ3v) is 2.11. The number of hydrogen-bond acceptors (Lipinski definition) is 1. The second-order valence-electron chi connectivity index (χ2n) is 3.28. The average Bonchev–Trinajstić information content (AvgIpc) is 2.18. The molecule has 0 bridgehead atoms. The molecule has 0 aromatic heterocycles. The molecule has 78 valence electrons. The van der Waals surface area contributed by atoms with Crippen molar-refractivity contribution in [3.63, 3.8) is 0 Å². The lowest BCUT2D eigenvalue weighted by molar-refractivity contribution is 0.283. The minimum absolute atomic E-state index is 0.192. The smallest absolute Gasteiger partial charge is 0.159 e. The Labute approximate surface area is 82.4 Å². The molecule has 0 atom stereocenters. The van der Waals surface area contributed by atoms with Crippen molar-refractivity contribution in [1.29, 1.82) is 0 Å². The molecule has 0 spiro atoms. The minimum Gasteiger partial charge on any atom is -0.396 e. The van der Waals surface area contributed by atoms with Crippen LogP contribution in [0.15, 0.2) is 18.2 Å². The summed E-state index contributed by atoms with van der Waals surface area (Å²) in [5, 5.41) is 8.53. The highest BCUT2D eigenvalue weighted by Crippen LogP contribution is 2.11. The number of aryl methyl sites for hydroxylation is 1. The van der Waals surface area contributed by atoms with Crippen LogP contribution < -0.4 is 0 Å². The number of benzene rings is 1. The highest BCUT2D eigenvalue weighted by Gasteiger charge is 2.01. The van der Waals surface area contributed by atoms with Crippen LogP contribution in [0.2, 0.25) is 0 Å². The van der Waals surface area contributed by atoms with Gasteiger partial charge in [0.05, 0.1) is 0 Å². The summed E-state index contributed by atoms with van der Waals surface area (Å²) in [5.74, 6) is -1.59. The van der Waals surface area contributed by atoms with Crippen molar-refractivity contribution in [3.8, 4) is 0 Å². The fraction of sp³-hybridized carbons (Fsp3) is 0.455. The van der Waals surface area contributed by atoms with Crippen LogP contribution in [0.25, 0.3) is 0 Å². The van der Waals surface area contributed by atoms with E-state index in [4.69, 9.17) is 5.11 Å². The van der Waals surface area contributed by atoms with E-state index >= 15 is 0 Å². The summed E-state index contributed by atoms with van der Waals surface area (Å²) in [7, 11) is 0. The summed E-state index contributed by atoms with van der Waals surface area (Å²) in [5.41, 5.74) is 0.807.